The maximum Gasteiger partial charge on any atom is 0.271 e. The molecule has 7 heteroatoms. The zero-order chi connectivity index (χ0) is 21.5. The minimum atomic E-state index is -0.426. The molecule has 0 bridgehead atoms. The van der Waals surface area contributed by atoms with Crippen LogP contribution in [0.25, 0.3) is 0 Å². The van der Waals surface area contributed by atoms with Crippen LogP contribution in [0.4, 0.5) is 5.69 Å². The number of nitrogens with one attached hydrogen (secondary N) is 2. The lowest BCUT2D eigenvalue weighted by molar-refractivity contribution is 0.0954. The summed E-state index contributed by atoms with van der Waals surface area (Å²) in [5.74, 6) is -0.390. The number of benzene rings is 3. The smallest absolute Gasteiger partial charge is 0.271 e. The second kappa shape index (κ2) is 9.38. The van der Waals surface area contributed by atoms with E-state index in [1.54, 1.807) is 54.6 Å². The Hall–Kier alpha value is -4.13. The number of para-hydroxylation sites is 1. The van der Waals surface area contributed by atoms with Crippen LogP contribution in [0.15, 0.2) is 71.8 Å². The highest BCUT2D eigenvalue weighted by atomic mass is 16.5. The molecule has 0 aliphatic heterocycles. The minimum Gasteiger partial charge on any atom is -0.504 e. The van der Waals surface area contributed by atoms with Gasteiger partial charge in [-0.15, -0.1) is 0 Å². The van der Waals surface area contributed by atoms with Crippen molar-refractivity contribution in [2.45, 2.75) is 6.92 Å². The number of carbonyl (C=O) groups is 2. The van der Waals surface area contributed by atoms with Crippen LogP contribution < -0.4 is 15.5 Å². The number of carbonyl (C=O) groups excluding carboxylic acids is 2. The summed E-state index contributed by atoms with van der Waals surface area (Å²) in [6, 6.07) is 18.7. The third-order valence-corrected chi connectivity index (χ3v) is 4.41. The van der Waals surface area contributed by atoms with Crippen molar-refractivity contribution in [1.82, 2.24) is 5.43 Å². The summed E-state index contributed by atoms with van der Waals surface area (Å²) in [6.45, 7) is 1.87. The molecule has 0 heterocycles. The molecule has 0 spiro atoms. The van der Waals surface area contributed by atoms with Gasteiger partial charge in [-0.2, -0.15) is 5.10 Å². The molecule has 0 saturated carbocycles. The number of aromatic hydroxyl groups is 1. The molecule has 3 aromatic carbocycles. The number of hydrazone groups is 1. The van der Waals surface area contributed by atoms with E-state index in [1.165, 1.54) is 13.3 Å². The van der Waals surface area contributed by atoms with Crippen LogP contribution in [0.5, 0.6) is 11.5 Å². The Bertz CT molecular complexity index is 1090. The van der Waals surface area contributed by atoms with E-state index in [9.17, 15) is 14.7 Å². The quantitative estimate of drug-likeness (QED) is 0.431. The van der Waals surface area contributed by atoms with E-state index in [1.807, 2.05) is 19.1 Å². The molecule has 0 radical (unpaired) electrons. The van der Waals surface area contributed by atoms with E-state index in [0.717, 1.165) is 5.56 Å². The summed E-state index contributed by atoms with van der Waals surface area (Å²) >= 11 is 0. The first-order chi connectivity index (χ1) is 14.5. The Morgan fingerprint density at radius 1 is 0.967 bits per heavy atom. The van der Waals surface area contributed by atoms with Gasteiger partial charge in [-0.3, -0.25) is 9.59 Å². The molecule has 3 N–H and O–H groups in total. The summed E-state index contributed by atoms with van der Waals surface area (Å²) < 4.78 is 5.03. The number of aryl methyl sites for hydroxylation is 1. The average Bonchev–Trinajstić information content (AvgIpc) is 2.75. The molecular weight excluding hydrogens is 382 g/mol. The highest BCUT2D eigenvalue weighted by Crippen LogP contribution is 2.27. The monoisotopic (exact) mass is 403 g/mol. The van der Waals surface area contributed by atoms with Crippen LogP contribution in [0.3, 0.4) is 0 Å². The van der Waals surface area contributed by atoms with Crippen LogP contribution in [-0.2, 0) is 0 Å². The van der Waals surface area contributed by atoms with Crippen molar-refractivity contribution in [2.24, 2.45) is 5.10 Å². The van der Waals surface area contributed by atoms with Gasteiger partial charge in [0, 0.05) is 22.4 Å². The van der Waals surface area contributed by atoms with Gasteiger partial charge in [-0.05, 0) is 55.0 Å². The van der Waals surface area contributed by atoms with E-state index in [4.69, 9.17) is 4.74 Å². The summed E-state index contributed by atoms with van der Waals surface area (Å²) in [7, 11) is 1.45. The third kappa shape index (κ3) is 4.82. The van der Waals surface area contributed by atoms with E-state index in [2.05, 4.69) is 15.8 Å². The SMILES string of the molecule is COc1cccc(C=NNC(=O)c2ccc(NC(=O)c3ccccc3C)cc2)c1O. The third-order valence-electron chi connectivity index (χ3n) is 4.41. The summed E-state index contributed by atoms with van der Waals surface area (Å²) in [4.78, 5) is 24.6. The van der Waals surface area contributed by atoms with Gasteiger partial charge in [0.15, 0.2) is 11.5 Å². The Morgan fingerprint density at radius 2 is 1.70 bits per heavy atom. The fourth-order valence-corrected chi connectivity index (χ4v) is 2.76. The molecule has 0 atom stereocenters. The lowest BCUT2D eigenvalue weighted by Gasteiger charge is -2.08. The first kappa shape index (κ1) is 20.6. The van der Waals surface area contributed by atoms with Crippen molar-refractivity contribution < 1.29 is 19.4 Å². The Labute approximate surface area is 174 Å². The maximum absolute atomic E-state index is 12.4. The average molecular weight is 403 g/mol. The molecule has 0 unspecified atom stereocenters. The Kier molecular flexibility index (Phi) is 6.44. The number of ether oxygens (including phenoxy) is 1. The summed E-state index contributed by atoms with van der Waals surface area (Å²) in [5.41, 5.74) is 5.22. The predicted molar refractivity (Wildman–Crippen MR) is 115 cm³/mol. The van der Waals surface area contributed by atoms with Gasteiger partial charge >= 0.3 is 0 Å². The van der Waals surface area contributed by atoms with Gasteiger partial charge in [0.2, 0.25) is 0 Å². The van der Waals surface area contributed by atoms with Gasteiger partial charge in [-0.25, -0.2) is 5.43 Å². The molecule has 0 saturated heterocycles. The summed E-state index contributed by atoms with van der Waals surface area (Å²) in [6.07, 6.45) is 1.33. The molecule has 0 fully saturated rings. The fourth-order valence-electron chi connectivity index (χ4n) is 2.76. The van der Waals surface area contributed by atoms with Gasteiger partial charge in [0.05, 0.1) is 13.3 Å². The highest BCUT2D eigenvalue weighted by molar-refractivity contribution is 6.05. The zero-order valence-corrected chi connectivity index (χ0v) is 16.5. The number of amides is 2. The largest absolute Gasteiger partial charge is 0.504 e. The van der Waals surface area contributed by atoms with E-state index < -0.39 is 5.91 Å². The molecule has 0 aromatic heterocycles. The number of methoxy groups -OCH3 is 1. The second-order valence-corrected chi connectivity index (χ2v) is 6.44. The van der Waals surface area contributed by atoms with Gasteiger partial charge in [-0.1, -0.05) is 24.3 Å². The topological polar surface area (TPSA) is 100 Å². The van der Waals surface area contributed by atoms with Crippen LogP contribution in [0.1, 0.15) is 31.8 Å². The van der Waals surface area contributed by atoms with Crippen molar-refractivity contribution in [3.63, 3.8) is 0 Å². The number of phenolic OH excluding ortho intramolecular Hbond substituents is 1. The Balaban J connectivity index is 1.61. The maximum atomic E-state index is 12.4. The first-order valence-electron chi connectivity index (χ1n) is 9.16. The molecule has 3 rings (SSSR count). The number of rotatable bonds is 6. The highest BCUT2D eigenvalue weighted by Gasteiger charge is 2.10. The number of phenols is 1. The van der Waals surface area contributed by atoms with E-state index >= 15 is 0 Å². The van der Waals surface area contributed by atoms with Crippen molar-refractivity contribution in [1.29, 1.82) is 0 Å². The molecule has 0 aliphatic rings. The van der Waals surface area contributed by atoms with Crippen molar-refractivity contribution in [3.8, 4) is 11.5 Å². The van der Waals surface area contributed by atoms with E-state index in [-0.39, 0.29) is 11.7 Å². The molecule has 7 nitrogen and oxygen atoms in total. The molecule has 3 aromatic rings. The van der Waals surface area contributed by atoms with Crippen molar-refractivity contribution in [2.75, 3.05) is 12.4 Å². The number of nitrogens with zero attached hydrogens (tertiary/aromatic N) is 1. The van der Waals surface area contributed by atoms with Crippen molar-refractivity contribution >= 4 is 23.7 Å². The number of hydrogen-bond donors (Lipinski definition) is 3. The Morgan fingerprint density at radius 3 is 2.40 bits per heavy atom. The minimum absolute atomic E-state index is 0.0632. The molecule has 152 valence electrons. The van der Waals surface area contributed by atoms with Crippen molar-refractivity contribution in [3.05, 3.63) is 89.0 Å². The first-order valence-corrected chi connectivity index (χ1v) is 9.16. The van der Waals surface area contributed by atoms with Crippen LogP contribution >= 0.6 is 0 Å². The van der Waals surface area contributed by atoms with Crippen LogP contribution in [0.2, 0.25) is 0 Å². The molecule has 30 heavy (non-hydrogen) atoms. The van der Waals surface area contributed by atoms with Gasteiger partial charge < -0.3 is 15.2 Å². The normalized spacial score (nSPS) is 10.6. The zero-order valence-electron chi connectivity index (χ0n) is 16.5. The number of anilines is 1. The van der Waals surface area contributed by atoms with Crippen LogP contribution in [-0.4, -0.2) is 30.2 Å². The number of hydrogen-bond acceptors (Lipinski definition) is 5. The predicted octanol–water partition coefficient (Wildman–Crippen LogP) is 3.73. The second-order valence-electron chi connectivity index (χ2n) is 6.44. The van der Waals surface area contributed by atoms with E-state index in [0.29, 0.717) is 28.1 Å². The van der Waals surface area contributed by atoms with Crippen LogP contribution in [0, 0.1) is 6.92 Å². The molecular formula is C23H21N3O4. The lowest BCUT2D eigenvalue weighted by Crippen LogP contribution is -2.18. The lowest BCUT2D eigenvalue weighted by atomic mass is 10.1. The van der Waals surface area contributed by atoms with Gasteiger partial charge in [0.1, 0.15) is 0 Å². The molecule has 2 amide bonds. The summed E-state index contributed by atoms with van der Waals surface area (Å²) in [5, 5.41) is 16.7. The van der Waals surface area contributed by atoms with Gasteiger partial charge in [0.25, 0.3) is 11.8 Å². The molecule has 0 aliphatic carbocycles. The fraction of sp³-hybridized carbons (Fsp3) is 0.0870. The standard InChI is InChI=1S/C23H21N3O4/c1-15-6-3-4-8-19(15)23(29)25-18-12-10-16(11-13-18)22(28)26-24-14-17-7-5-9-20(30-2)21(17)27/h3-14,27H,1-2H3,(H,25,29)(H,26,28).